The van der Waals surface area contributed by atoms with Crippen LogP contribution < -0.4 is 15.4 Å². The van der Waals surface area contributed by atoms with Crippen molar-refractivity contribution in [1.29, 1.82) is 0 Å². The molecule has 2 aromatic carbocycles. The van der Waals surface area contributed by atoms with Crippen molar-refractivity contribution >= 4 is 44.9 Å². The summed E-state index contributed by atoms with van der Waals surface area (Å²) in [6.07, 6.45) is -0.639. The summed E-state index contributed by atoms with van der Waals surface area (Å²) in [5, 5.41) is 6.04. The van der Waals surface area contributed by atoms with Gasteiger partial charge in [-0.25, -0.2) is 13.2 Å². The zero-order valence-electron chi connectivity index (χ0n) is 17.6. The van der Waals surface area contributed by atoms with Gasteiger partial charge in [0, 0.05) is 36.9 Å². The lowest BCUT2D eigenvalue weighted by atomic mass is 10.2. The lowest BCUT2D eigenvalue weighted by molar-refractivity contribution is -0.122. The Morgan fingerprint density at radius 2 is 1.91 bits per heavy atom. The first-order valence-electron chi connectivity index (χ1n) is 10.1. The number of piperazine rings is 1. The maximum Gasteiger partial charge on any atom is 0.321 e. The van der Waals surface area contributed by atoms with Gasteiger partial charge in [0.05, 0.1) is 10.6 Å². The van der Waals surface area contributed by atoms with Crippen LogP contribution in [0.4, 0.5) is 16.2 Å². The van der Waals surface area contributed by atoms with Gasteiger partial charge in [0.2, 0.25) is 10.0 Å². The Balaban J connectivity index is 1.42. The Morgan fingerprint density at radius 1 is 1.19 bits per heavy atom. The smallest absolute Gasteiger partial charge is 0.321 e. The molecule has 1 atom stereocenters. The fraction of sp³-hybridized carbons (Fsp3) is 0.333. The van der Waals surface area contributed by atoms with E-state index >= 15 is 0 Å². The number of rotatable bonds is 3. The molecule has 2 N–H and O–H groups in total. The summed E-state index contributed by atoms with van der Waals surface area (Å²) in [5.41, 5.74) is 1.70. The fourth-order valence-corrected chi connectivity index (χ4v) is 5.19. The molecule has 2 heterocycles. The molecule has 32 heavy (non-hydrogen) atoms. The van der Waals surface area contributed by atoms with Crippen LogP contribution in [-0.2, 0) is 14.8 Å². The number of carbonyl (C=O) groups excluding carboxylic acids is 2. The van der Waals surface area contributed by atoms with Crippen LogP contribution in [0.3, 0.4) is 0 Å². The molecule has 0 bridgehead atoms. The standard InChI is InChI=1S/C21H23ClN4O5S/c1-13-16(22)4-3-5-17(13)24-21(28)25-8-10-26(11-9-25)32(29,30)15-6-7-19-18(12-15)23-20(27)14(2)31-19/h3-7,12,14H,8-11H2,1-2H3,(H,23,27)(H,24,28)/t14-/m0/s1. The second kappa shape index (κ2) is 8.61. The van der Waals surface area contributed by atoms with Crippen molar-refractivity contribution < 1.29 is 22.7 Å². The molecule has 0 saturated carbocycles. The fourth-order valence-electron chi connectivity index (χ4n) is 3.57. The lowest BCUT2D eigenvalue weighted by Crippen LogP contribution is -2.51. The molecule has 3 amide bonds. The summed E-state index contributed by atoms with van der Waals surface area (Å²) < 4.78 is 33.0. The first-order chi connectivity index (χ1) is 15.2. The van der Waals surface area contributed by atoms with Crippen molar-refractivity contribution in [3.63, 3.8) is 0 Å². The van der Waals surface area contributed by atoms with Crippen LogP contribution >= 0.6 is 11.6 Å². The highest BCUT2D eigenvalue weighted by Crippen LogP contribution is 2.33. The topological polar surface area (TPSA) is 108 Å². The third kappa shape index (κ3) is 4.25. The molecular formula is C21H23ClN4O5S. The molecule has 0 aliphatic carbocycles. The van der Waals surface area contributed by atoms with Crippen molar-refractivity contribution in [2.45, 2.75) is 24.8 Å². The van der Waals surface area contributed by atoms with E-state index in [0.717, 1.165) is 5.56 Å². The van der Waals surface area contributed by atoms with Gasteiger partial charge >= 0.3 is 6.03 Å². The molecule has 4 rings (SSSR count). The quantitative estimate of drug-likeness (QED) is 0.705. The van der Waals surface area contributed by atoms with E-state index in [1.165, 1.54) is 22.5 Å². The summed E-state index contributed by atoms with van der Waals surface area (Å²) in [7, 11) is -3.80. The predicted octanol–water partition coefficient (Wildman–Crippen LogP) is 2.91. The van der Waals surface area contributed by atoms with Crippen molar-refractivity contribution in [2.75, 3.05) is 36.8 Å². The molecule has 1 saturated heterocycles. The number of halogens is 1. The van der Waals surface area contributed by atoms with E-state index in [0.29, 0.717) is 22.1 Å². The van der Waals surface area contributed by atoms with Crippen LogP contribution in [0, 0.1) is 6.92 Å². The number of sulfonamides is 1. The molecule has 170 valence electrons. The van der Waals surface area contributed by atoms with Crippen LogP contribution in [0.1, 0.15) is 12.5 Å². The summed E-state index contributed by atoms with van der Waals surface area (Å²) in [6.45, 7) is 4.23. The van der Waals surface area contributed by atoms with Crippen LogP contribution in [-0.4, -0.2) is 61.8 Å². The van der Waals surface area contributed by atoms with Crippen molar-refractivity contribution in [1.82, 2.24) is 9.21 Å². The van der Waals surface area contributed by atoms with Crippen LogP contribution in [0.25, 0.3) is 0 Å². The predicted molar refractivity (Wildman–Crippen MR) is 121 cm³/mol. The van der Waals surface area contributed by atoms with E-state index in [4.69, 9.17) is 16.3 Å². The third-order valence-electron chi connectivity index (χ3n) is 5.55. The second-order valence-electron chi connectivity index (χ2n) is 7.64. The number of anilines is 2. The minimum absolute atomic E-state index is 0.0576. The number of urea groups is 1. The second-order valence-corrected chi connectivity index (χ2v) is 9.99. The molecule has 0 unspecified atom stereocenters. The Bertz CT molecular complexity index is 1180. The minimum atomic E-state index is -3.80. The van der Waals surface area contributed by atoms with E-state index in [1.54, 1.807) is 30.0 Å². The zero-order chi connectivity index (χ0) is 23.0. The first kappa shape index (κ1) is 22.4. The van der Waals surface area contributed by atoms with Gasteiger partial charge in [-0.2, -0.15) is 4.31 Å². The van der Waals surface area contributed by atoms with Crippen molar-refractivity contribution in [2.24, 2.45) is 0 Å². The highest BCUT2D eigenvalue weighted by Gasteiger charge is 2.32. The number of nitrogens with zero attached hydrogens (tertiary/aromatic N) is 2. The van der Waals surface area contributed by atoms with Crippen molar-refractivity contribution in [3.05, 3.63) is 47.0 Å². The molecular weight excluding hydrogens is 456 g/mol. The van der Waals surface area contributed by atoms with Gasteiger partial charge in [0.15, 0.2) is 6.10 Å². The van der Waals surface area contributed by atoms with Gasteiger partial charge in [-0.3, -0.25) is 4.79 Å². The largest absolute Gasteiger partial charge is 0.479 e. The number of nitrogens with one attached hydrogen (secondary N) is 2. The molecule has 2 aliphatic heterocycles. The molecule has 2 aromatic rings. The monoisotopic (exact) mass is 478 g/mol. The number of hydrogen-bond acceptors (Lipinski definition) is 5. The van der Waals surface area contributed by atoms with Crippen LogP contribution in [0.15, 0.2) is 41.3 Å². The van der Waals surface area contributed by atoms with Crippen LogP contribution in [0.2, 0.25) is 5.02 Å². The lowest BCUT2D eigenvalue weighted by Gasteiger charge is -2.34. The van der Waals surface area contributed by atoms with Gasteiger partial charge in [0.25, 0.3) is 5.91 Å². The average molecular weight is 479 g/mol. The highest BCUT2D eigenvalue weighted by molar-refractivity contribution is 7.89. The van der Waals surface area contributed by atoms with Gasteiger partial charge in [0.1, 0.15) is 5.75 Å². The number of benzene rings is 2. The Kier molecular flexibility index (Phi) is 6.02. The van der Waals surface area contributed by atoms with E-state index < -0.39 is 16.1 Å². The first-order valence-corrected chi connectivity index (χ1v) is 11.9. The maximum atomic E-state index is 13.1. The van der Waals surface area contributed by atoms with Gasteiger partial charge in [-0.05, 0) is 49.7 Å². The van der Waals surface area contributed by atoms with E-state index in [2.05, 4.69) is 10.6 Å². The minimum Gasteiger partial charge on any atom is -0.479 e. The Morgan fingerprint density at radius 3 is 2.62 bits per heavy atom. The van der Waals surface area contributed by atoms with Gasteiger partial charge in [-0.1, -0.05) is 17.7 Å². The third-order valence-corrected chi connectivity index (χ3v) is 7.86. The molecule has 11 heteroatoms. The summed E-state index contributed by atoms with van der Waals surface area (Å²) in [4.78, 5) is 26.1. The summed E-state index contributed by atoms with van der Waals surface area (Å²) in [5.74, 6) is 0.0930. The van der Waals surface area contributed by atoms with E-state index in [1.807, 2.05) is 6.92 Å². The Hall–Kier alpha value is -2.82. The Labute approximate surface area is 191 Å². The zero-order valence-corrected chi connectivity index (χ0v) is 19.2. The van der Waals surface area contributed by atoms with E-state index in [-0.39, 0.29) is 43.0 Å². The van der Waals surface area contributed by atoms with Gasteiger partial charge < -0.3 is 20.3 Å². The van der Waals surface area contributed by atoms with Crippen molar-refractivity contribution in [3.8, 4) is 5.75 Å². The molecule has 0 radical (unpaired) electrons. The number of hydrogen-bond donors (Lipinski definition) is 2. The number of fused-ring (bicyclic) bond motifs is 1. The molecule has 2 aliphatic rings. The van der Waals surface area contributed by atoms with E-state index in [9.17, 15) is 18.0 Å². The maximum absolute atomic E-state index is 13.1. The molecule has 0 aromatic heterocycles. The molecule has 0 spiro atoms. The van der Waals surface area contributed by atoms with Gasteiger partial charge in [-0.15, -0.1) is 0 Å². The summed E-state index contributed by atoms with van der Waals surface area (Å²) >= 11 is 6.10. The SMILES string of the molecule is Cc1c(Cl)cccc1NC(=O)N1CCN(S(=O)(=O)c2ccc3c(c2)NC(=O)[C@H](C)O3)CC1. The number of ether oxygens (including phenoxy) is 1. The number of carbonyl (C=O) groups is 2. The highest BCUT2D eigenvalue weighted by atomic mass is 35.5. The molecule has 9 nitrogen and oxygen atoms in total. The average Bonchev–Trinajstić information content (AvgIpc) is 2.77. The normalized spacial score (nSPS) is 19.0. The number of amides is 3. The molecule has 1 fully saturated rings. The van der Waals surface area contributed by atoms with Crippen LogP contribution in [0.5, 0.6) is 5.75 Å². The summed E-state index contributed by atoms with van der Waals surface area (Å²) in [6, 6.07) is 9.34.